The first-order chi connectivity index (χ1) is 11.5. The lowest BCUT2D eigenvalue weighted by Gasteiger charge is -2.09. The first-order valence-electron chi connectivity index (χ1n) is 7.61. The van der Waals surface area contributed by atoms with Gasteiger partial charge in [0, 0.05) is 18.0 Å². The quantitative estimate of drug-likeness (QED) is 0.769. The van der Waals surface area contributed by atoms with Gasteiger partial charge in [0.1, 0.15) is 11.5 Å². The molecule has 122 valence electrons. The zero-order chi connectivity index (χ0) is 17.1. The third-order valence-corrected chi connectivity index (χ3v) is 3.83. The summed E-state index contributed by atoms with van der Waals surface area (Å²) < 4.78 is 5.20. The number of aromatic nitrogens is 1. The highest BCUT2D eigenvalue weighted by atomic mass is 16.3. The molecule has 2 N–H and O–H groups in total. The molecule has 3 aromatic rings. The minimum atomic E-state index is -0.215. The third kappa shape index (κ3) is 3.30. The largest absolute Gasteiger partial charge is 0.507 e. The minimum absolute atomic E-state index is 0.215. The Hall–Kier alpha value is -3.08. The van der Waals surface area contributed by atoms with Gasteiger partial charge in [-0.3, -0.25) is 9.78 Å². The van der Waals surface area contributed by atoms with E-state index in [1.54, 1.807) is 30.7 Å². The molecular weight excluding hydrogens is 304 g/mol. The number of aryl methyl sites for hydroxylation is 2. The predicted molar refractivity (Wildman–Crippen MR) is 90.7 cm³/mol. The second-order valence-corrected chi connectivity index (χ2v) is 5.68. The van der Waals surface area contributed by atoms with Crippen molar-refractivity contribution in [3.05, 3.63) is 71.4 Å². The molecular formula is C19H18N2O3. The number of furan rings is 1. The van der Waals surface area contributed by atoms with Crippen LogP contribution in [-0.2, 0) is 6.54 Å². The van der Waals surface area contributed by atoms with Crippen LogP contribution in [0.4, 0.5) is 0 Å². The summed E-state index contributed by atoms with van der Waals surface area (Å²) in [7, 11) is 0. The number of nitrogens with one attached hydrogen (secondary N) is 1. The van der Waals surface area contributed by atoms with E-state index in [9.17, 15) is 9.90 Å². The highest BCUT2D eigenvalue weighted by Crippen LogP contribution is 2.29. The fraction of sp³-hybridized carbons (Fsp3) is 0.158. The molecule has 1 aromatic carbocycles. The first-order valence-corrected chi connectivity index (χ1v) is 7.61. The summed E-state index contributed by atoms with van der Waals surface area (Å²) in [5.74, 6) is 0.768. The van der Waals surface area contributed by atoms with Gasteiger partial charge >= 0.3 is 0 Å². The molecule has 0 spiro atoms. The number of benzene rings is 1. The Morgan fingerprint density at radius 2 is 1.92 bits per heavy atom. The summed E-state index contributed by atoms with van der Waals surface area (Å²) in [6.07, 6.45) is 4.80. The molecule has 5 heteroatoms. The van der Waals surface area contributed by atoms with E-state index in [4.69, 9.17) is 4.42 Å². The average molecular weight is 322 g/mol. The SMILES string of the molecule is Cc1cc(-c2cncc(C(=O)NCc3ccco3)c2)cc(C)c1O. The Kier molecular flexibility index (Phi) is 4.33. The van der Waals surface area contributed by atoms with E-state index in [0.717, 1.165) is 22.3 Å². The van der Waals surface area contributed by atoms with Crippen LogP contribution in [0.1, 0.15) is 27.2 Å². The summed E-state index contributed by atoms with van der Waals surface area (Å²) in [4.78, 5) is 16.4. The standard InChI is InChI=1S/C19H18N2O3/c1-12-6-14(7-13(2)18(12)22)15-8-16(10-20-9-15)19(23)21-11-17-4-3-5-24-17/h3-10,22H,11H2,1-2H3,(H,21,23). The number of pyridine rings is 1. The number of nitrogens with zero attached hydrogens (tertiary/aromatic N) is 1. The normalized spacial score (nSPS) is 10.6. The van der Waals surface area contributed by atoms with Gasteiger partial charge in [-0.15, -0.1) is 0 Å². The van der Waals surface area contributed by atoms with Gasteiger partial charge in [-0.2, -0.15) is 0 Å². The number of hydrogen-bond acceptors (Lipinski definition) is 4. The van der Waals surface area contributed by atoms with Crippen molar-refractivity contribution >= 4 is 5.91 Å². The van der Waals surface area contributed by atoms with Crippen LogP contribution in [0.15, 0.2) is 53.4 Å². The van der Waals surface area contributed by atoms with Crippen LogP contribution < -0.4 is 5.32 Å². The highest BCUT2D eigenvalue weighted by Gasteiger charge is 2.10. The molecule has 24 heavy (non-hydrogen) atoms. The lowest BCUT2D eigenvalue weighted by molar-refractivity contribution is 0.0947. The lowest BCUT2D eigenvalue weighted by atomic mass is 10.00. The van der Waals surface area contributed by atoms with Gasteiger partial charge < -0.3 is 14.8 Å². The Bertz CT molecular complexity index is 847. The number of carbonyl (C=O) groups is 1. The van der Waals surface area contributed by atoms with Gasteiger partial charge in [0.15, 0.2) is 0 Å². The summed E-state index contributed by atoms with van der Waals surface area (Å²) in [6.45, 7) is 4.02. The maximum absolute atomic E-state index is 12.3. The molecule has 2 heterocycles. The second-order valence-electron chi connectivity index (χ2n) is 5.68. The third-order valence-electron chi connectivity index (χ3n) is 3.83. The molecule has 2 aromatic heterocycles. The number of phenols is 1. The lowest BCUT2D eigenvalue weighted by Crippen LogP contribution is -2.22. The van der Waals surface area contributed by atoms with E-state index in [-0.39, 0.29) is 5.91 Å². The number of carbonyl (C=O) groups excluding carboxylic acids is 1. The van der Waals surface area contributed by atoms with Crippen LogP contribution in [0, 0.1) is 13.8 Å². The number of amides is 1. The minimum Gasteiger partial charge on any atom is -0.507 e. The Morgan fingerprint density at radius 1 is 1.17 bits per heavy atom. The highest BCUT2D eigenvalue weighted by molar-refractivity contribution is 5.95. The van der Waals surface area contributed by atoms with Gasteiger partial charge in [0.05, 0.1) is 18.4 Å². The van der Waals surface area contributed by atoms with E-state index in [2.05, 4.69) is 10.3 Å². The molecule has 0 saturated heterocycles. The van der Waals surface area contributed by atoms with Gasteiger partial charge in [-0.25, -0.2) is 0 Å². The van der Waals surface area contributed by atoms with Crippen molar-refractivity contribution in [3.8, 4) is 16.9 Å². The molecule has 0 bridgehead atoms. The summed E-state index contributed by atoms with van der Waals surface area (Å²) in [5, 5.41) is 12.7. The maximum Gasteiger partial charge on any atom is 0.253 e. The van der Waals surface area contributed by atoms with E-state index >= 15 is 0 Å². The van der Waals surface area contributed by atoms with Crippen molar-refractivity contribution in [3.63, 3.8) is 0 Å². The van der Waals surface area contributed by atoms with Crippen molar-refractivity contribution < 1.29 is 14.3 Å². The van der Waals surface area contributed by atoms with Crippen molar-refractivity contribution in [2.24, 2.45) is 0 Å². The van der Waals surface area contributed by atoms with E-state index in [1.807, 2.05) is 26.0 Å². The van der Waals surface area contributed by atoms with Crippen LogP contribution in [0.25, 0.3) is 11.1 Å². The smallest absolute Gasteiger partial charge is 0.253 e. The van der Waals surface area contributed by atoms with Crippen molar-refractivity contribution in [1.82, 2.24) is 10.3 Å². The molecule has 0 saturated carbocycles. The molecule has 0 aliphatic carbocycles. The van der Waals surface area contributed by atoms with Crippen LogP contribution in [-0.4, -0.2) is 16.0 Å². The number of aromatic hydroxyl groups is 1. The van der Waals surface area contributed by atoms with Crippen LogP contribution in [0.3, 0.4) is 0 Å². The van der Waals surface area contributed by atoms with Gasteiger partial charge in [-0.05, 0) is 60.9 Å². The molecule has 1 amide bonds. The van der Waals surface area contributed by atoms with E-state index in [1.165, 1.54) is 6.20 Å². The average Bonchev–Trinajstić information content (AvgIpc) is 3.10. The molecule has 0 aliphatic rings. The van der Waals surface area contributed by atoms with Crippen LogP contribution in [0.2, 0.25) is 0 Å². The summed E-state index contributed by atoms with van der Waals surface area (Å²) >= 11 is 0. The monoisotopic (exact) mass is 322 g/mol. The molecule has 0 unspecified atom stereocenters. The summed E-state index contributed by atoms with van der Waals surface area (Å²) in [6, 6.07) is 9.12. The summed E-state index contributed by atoms with van der Waals surface area (Å²) in [5.41, 5.74) is 3.79. The topological polar surface area (TPSA) is 75.4 Å². The fourth-order valence-corrected chi connectivity index (χ4v) is 2.53. The molecule has 5 nitrogen and oxygen atoms in total. The Morgan fingerprint density at radius 3 is 2.58 bits per heavy atom. The van der Waals surface area contributed by atoms with Crippen molar-refractivity contribution in [1.29, 1.82) is 0 Å². The molecule has 3 rings (SSSR count). The van der Waals surface area contributed by atoms with E-state index in [0.29, 0.717) is 23.6 Å². The van der Waals surface area contributed by atoms with Crippen molar-refractivity contribution in [2.75, 3.05) is 0 Å². The first kappa shape index (κ1) is 15.8. The maximum atomic E-state index is 12.3. The molecule has 0 fully saturated rings. The number of hydrogen-bond donors (Lipinski definition) is 2. The fourth-order valence-electron chi connectivity index (χ4n) is 2.53. The van der Waals surface area contributed by atoms with Gasteiger partial charge in [0.2, 0.25) is 0 Å². The predicted octanol–water partition coefficient (Wildman–Crippen LogP) is 3.59. The van der Waals surface area contributed by atoms with Crippen LogP contribution >= 0.6 is 0 Å². The molecule has 0 atom stereocenters. The van der Waals surface area contributed by atoms with Gasteiger partial charge in [0.25, 0.3) is 5.91 Å². The zero-order valence-electron chi connectivity index (χ0n) is 13.5. The Balaban J connectivity index is 1.82. The second kappa shape index (κ2) is 6.58. The molecule has 0 radical (unpaired) electrons. The Labute approximate surface area is 140 Å². The van der Waals surface area contributed by atoms with Crippen molar-refractivity contribution in [2.45, 2.75) is 20.4 Å². The number of rotatable bonds is 4. The number of phenolic OH excluding ortho intramolecular Hbond substituents is 1. The zero-order valence-corrected chi connectivity index (χ0v) is 13.5. The van der Waals surface area contributed by atoms with Gasteiger partial charge in [-0.1, -0.05) is 0 Å². The van der Waals surface area contributed by atoms with Crippen LogP contribution in [0.5, 0.6) is 5.75 Å². The van der Waals surface area contributed by atoms with E-state index < -0.39 is 0 Å². The molecule has 0 aliphatic heterocycles.